The molecule has 0 heterocycles. The lowest BCUT2D eigenvalue weighted by Crippen LogP contribution is -2.26. The highest BCUT2D eigenvalue weighted by Crippen LogP contribution is 2.22. The summed E-state index contributed by atoms with van der Waals surface area (Å²) in [6, 6.07) is 7.55. The Hall–Kier alpha value is -1.18. The third-order valence-corrected chi connectivity index (χ3v) is 2.13. The Labute approximate surface area is 83.1 Å². The van der Waals surface area contributed by atoms with Crippen LogP contribution in [0, 0.1) is 11.3 Å². The van der Waals surface area contributed by atoms with E-state index in [1.54, 1.807) is 13.1 Å². The van der Waals surface area contributed by atoms with Gasteiger partial charge in [0.15, 0.2) is 0 Å². The molecule has 0 atom stereocenters. The van der Waals surface area contributed by atoms with Crippen molar-refractivity contribution in [1.82, 2.24) is 0 Å². The second-order valence-corrected chi connectivity index (χ2v) is 3.00. The molecule has 1 aromatic rings. The van der Waals surface area contributed by atoms with E-state index in [1.165, 1.54) is 5.01 Å². The van der Waals surface area contributed by atoms with E-state index >= 15 is 0 Å². The predicted molar refractivity (Wildman–Crippen MR) is 56.4 cm³/mol. The topological polar surface area (TPSA) is 53.0 Å². The third-order valence-electron chi connectivity index (χ3n) is 1.81. The molecule has 1 aromatic carbocycles. The van der Waals surface area contributed by atoms with Crippen LogP contribution in [-0.4, -0.2) is 7.05 Å². The predicted octanol–water partition coefficient (Wildman–Crippen LogP) is 1.30. The van der Waals surface area contributed by atoms with Crippen LogP contribution in [0.3, 0.4) is 0 Å². The first kappa shape index (κ1) is 9.90. The molecule has 0 aliphatic carbocycles. The highest BCUT2D eigenvalue weighted by molar-refractivity contribution is 7.79. The zero-order valence-electron chi connectivity index (χ0n) is 7.36. The van der Waals surface area contributed by atoms with Gasteiger partial charge >= 0.3 is 0 Å². The van der Waals surface area contributed by atoms with Crippen molar-refractivity contribution >= 4 is 18.3 Å². The van der Waals surface area contributed by atoms with Gasteiger partial charge in [-0.05, 0) is 12.1 Å². The van der Waals surface area contributed by atoms with Crippen LogP contribution in [0.4, 0.5) is 5.69 Å². The first-order chi connectivity index (χ1) is 6.20. The minimum atomic E-state index is 0.514. The standard InChI is InChI=1S/C9H11N3S/c1-12(11)9-4-2-3-7(5-10)8(9)6-13/h2-4,13H,6,11H2,1H3. The van der Waals surface area contributed by atoms with Crippen molar-refractivity contribution in [2.45, 2.75) is 5.75 Å². The van der Waals surface area contributed by atoms with Gasteiger partial charge in [0.05, 0.1) is 17.3 Å². The molecule has 0 bridgehead atoms. The van der Waals surface area contributed by atoms with Gasteiger partial charge in [-0.1, -0.05) is 6.07 Å². The highest BCUT2D eigenvalue weighted by atomic mass is 32.1. The van der Waals surface area contributed by atoms with Gasteiger partial charge in [-0.25, -0.2) is 5.84 Å². The van der Waals surface area contributed by atoms with E-state index in [0.29, 0.717) is 11.3 Å². The number of nitriles is 1. The molecule has 68 valence electrons. The van der Waals surface area contributed by atoms with Crippen LogP contribution < -0.4 is 10.9 Å². The number of benzene rings is 1. The summed E-state index contributed by atoms with van der Waals surface area (Å²) in [5, 5.41) is 10.3. The van der Waals surface area contributed by atoms with Crippen molar-refractivity contribution in [3.8, 4) is 6.07 Å². The third kappa shape index (κ3) is 1.94. The molecule has 0 saturated heterocycles. The van der Waals surface area contributed by atoms with Gasteiger partial charge in [0.2, 0.25) is 0 Å². The van der Waals surface area contributed by atoms with E-state index in [-0.39, 0.29) is 0 Å². The van der Waals surface area contributed by atoms with Crippen LogP contribution in [0.5, 0.6) is 0 Å². The Kier molecular flexibility index (Phi) is 3.18. The summed E-state index contributed by atoms with van der Waals surface area (Å²) in [4.78, 5) is 0. The highest BCUT2D eigenvalue weighted by Gasteiger charge is 2.07. The second kappa shape index (κ2) is 4.17. The van der Waals surface area contributed by atoms with E-state index in [4.69, 9.17) is 11.1 Å². The van der Waals surface area contributed by atoms with Crippen LogP contribution >= 0.6 is 12.6 Å². The lowest BCUT2D eigenvalue weighted by atomic mass is 10.1. The maximum absolute atomic E-state index is 8.81. The number of thiol groups is 1. The SMILES string of the molecule is CN(N)c1cccc(C#N)c1CS. The number of hydrogen-bond donors (Lipinski definition) is 2. The van der Waals surface area contributed by atoms with Crippen LogP contribution in [0.25, 0.3) is 0 Å². The van der Waals surface area contributed by atoms with Crippen LogP contribution in [0.15, 0.2) is 18.2 Å². The summed E-state index contributed by atoms with van der Waals surface area (Å²) in [7, 11) is 1.74. The number of hydrogen-bond acceptors (Lipinski definition) is 4. The zero-order chi connectivity index (χ0) is 9.84. The summed E-state index contributed by atoms with van der Waals surface area (Å²) in [6.07, 6.45) is 0. The van der Waals surface area contributed by atoms with E-state index in [1.807, 2.05) is 12.1 Å². The zero-order valence-corrected chi connectivity index (χ0v) is 8.25. The molecule has 0 aliphatic rings. The number of nitrogens with two attached hydrogens (primary N) is 1. The first-order valence-electron chi connectivity index (χ1n) is 3.82. The van der Waals surface area contributed by atoms with E-state index in [9.17, 15) is 0 Å². The summed E-state index contributed by atoms with van der Waals surface area (Å²) >= 11 is 4.16. The Morgan fingerprint density at radius 2 is 2.31 bits per heavy atom. The van der Waals surface area contributed by atoms with Gasteiger partial charge in [-0.2, -0.15) is 17.9 Å². The van der Waals surface area contributed by atoms with E-state index < -0.39 is 0 Å². The van der Waals surface area contributed by atoms with Crippen LogP contribution in [-0.2, 0) is 5.75 Å². The molecule has 0 spiro atoms. The average Bonchev–Trinajstić information content (AvgIpc) is 2.16. The largest absolute Gasteiger partial charge is 0.314 e. The summed E-state index contributed by atoms with van der Waals surface area (Å²) in [5.74, 6) is 6.12. The Balaban J connectivity index is 3.29. The molecule has 4 heteroatoms. The lowest BCUT2D eigenvalue weighted by Gasteiger charge is -2.16. The molecular formula is C9H11N3S. The number of nitrogens with zero attached hydrogens (tertiary/aromatic N) is 2. The van der Waals surface area contributed by atoms with Gasteiger partial charge in [0.25, 0.3) is 0 Å². The Bertz CT molecular complexity index is 341. The molecule has 0 aliphatic heterocycles. The Morgan fingerprint density at radius 3 is 2.77 bits per heavy atom. The van der Waals surface area contributed by atoms with Crippen LogP contribution in [0.2, 0.25) is 0 Å². The fourth-order valence-electron chi connectivity index (χ4n) is 1.18. The fourth-order valence-corrected chi connectivity index (χ4v) is 1.51. The minimum Gasteiger partial charge on any atom is -0.314 e. The normalized spacial score (nSPS) is 9.38. The van der Waals surface area contributed by atoms with E-state index in [2.05, 4.69) is 18.7 Å². The van der Waals surface area contributed by atoms with Crippen molar-refractivity contribution in [2.75, 3.05) is 12.1 Å². The molecule has 1 rings (SSSR count). The van der Waals surface area contributed by atoms with Gasteiger partial charge in [0, 0.05) is 18.4 Å². The van der Waals surface area contributed by atoms with Crippen molar-refractivity contribution in [3.63, 3.8) is 0 Å². The molecule has 0 fully saturated rings. The molecule has 0 unspecified atom stereocenters. The molecule has 0 aromatic heterocycles. The second-order valence-electron chi connectivity index (χ2n) is 2.68. The van der Waals surface area contributed by atoms with Gasteiger partial charge < -0.3 is 5.01 Å². The average molecular weight is 193 g/mol. The van der Waals surface area contributed by atoms with Gasteiger partial charge in [-0.3, -0.25) is 0 Å². The molecule has 2 N–H and O–H groups in total. The summed E-state index contributed by atoms with van der Waals surface area (Å²) in [6.45, 7) is 0. The monoisotopic (exact) mass is 193 g/mol. The van der Waals surface area contributed by atoms with Crippen molar-refractivity contribution in [3.05, 3.63) is 29.3 Å². The van der Waals surface area contributed by atoms with Crippen molar-refractivity contribution in [2.24, 2.45) is 5.84 Å². The quantitative estimate of drug-likeness (QED) is 0.423. The smallest absolute Gasteiger partial charge is 0.0995 e. The molecular weight excluding hydrogens is 182 g/mol. The number of anilines is 1. The fraction of sp³-hybridized carbons (Fsp3) is 0.222. The van der Waals surface area contributed by atoms with Crippen molar-refractivity contribution in [1.29, 1.82) is 5.26 Å². The maximum Gasteiger partial charge on any atom is 0.0995 e. The van der Waals surface area contributed by atoms with Gasteiger partial charge in [-0.15, -0.1) is 0 Å². The Morgan fingerprint density at radius 1 is 1.62 bits per heavy atom. The lowest BCUT2D eigenvalue weighted by molar-refractivity contribution is 1.00. The number of hydrazine groups is 1. The molecule has 0 radical (unpaired) electrons. The summed E-state index contributed by atoms with van der Waals surface area (Å²) in [5.41, 5.74) is 2.34. The molecule has 3 nitrogen and oxygen atoms in total. The molecule has 0 saturated carbocycles. The first-order valence-corrected chi connectivity index (χ1v) is 4.45. The molecule has 0 amide bonds. The number of rotatable bonds is 2. The van der Waals surface area contributed by atoms with Crippen LogP contribution in [0.1, 0.15) is 11.1 Å². The van der Waals surface area contributed by atoms with Gasteiger partial charge in [0.1, 0.15) is 0 Å². The minimum absolute atomic E-state index is 0.514. The molecule has 13 heavy (non-hydrogen) atoms. The van der Waals surface area contributed by atoms with E-state index in [0.717, 1.165) is 11.3 Å². The summed E-state index contributed by atoms with van der Waals surface area (Å²) < 4.78 is 0. The van der Waals surface area contributed by atoms with Crippen molar-refractivity contribution < 1.29 is 0 Å². The maximum atomic E-state index is 8.81.